The lowest BCUT2D eigenvalue weighted by molar-refractivity contribution is 0.787. The third-order valence-electron chi connectivity index (χ3n) is 3.54. The normalized spacial score (nSPS) is 12.3. The van der Waals surface area contributed by atoms with E-state index in [0.717, 1.165) is 11.1 Å². The minimum Gasteiger partial charge on any atom is -0.318 e. The highest BCUT2D eigenvalue weighted by Gasteiger charge is 2.14. The molecule has 4 heteroatoms. The van der Waals surface area contributed by atoms with Crippen molar-refractivity contribution in [2.75, 3.05) is 0 Å². The summed E-state index contributed by atoms with van der Waals surface area (Å²) >= 11 is 0. The number of hydrogen-bond acceptors (Lipinski definition) is 3. The maximum atomic E-state index is 6.25. The predicted octanol–water partition coefficient (Wildman–Crippen LogP) is 3.14. The molecule has 0 bridgehead atoms. The summed E-state index contributed by atoms with van der Waals surface area (Å²) in [6.07, 6.45) is 0. The van der Waals surface area contributed by atoms with Crippen molar-refractivity contribution >= 4 is 0 Å². The maximum absolute atomic E-state index is 6.25. The molecule has 0 amide bonds. The van der Waals surface area contributed by atoms with Gasteiger partial charge in [0.25, 0.3) is 0 Å². The van der Waals surface area contributed by atoms with Gasteiger partial charge in [-0.15, -0.1) is 0 Å². The van der Waals surface area contributed by atoms with Gasteiger partial charge in [-0.3, -0.25) is 5.10 Å². The van der Waals surface area contributed by atoms with Crippen molar-refractivity contribution in [2.45, 2.75) is 19.9 Å². The first kappa shape index (κ1) is 13.5. The van der Waals surface area contributed by atoms with Gasteiger partial charge in [0.2, 0.25) is 0 Å². The minimum absolute atomic E-state index is 0.294. The fourth-order valence-electron chi connectivity index (χ4n) is 2.18. The van der Waals surface area contributed by atoms with Crippen molar-refractivity contribution in [3.63, 3.8) is 0 Å². The molecule has 0 radical (unpaired) electrons. The lowest BCUT2D eigenvalue weighted by Crippen LogP contribution is -2.13. The molecule has 1 aromatic heterocycles. The summed E-state index contributed by atoms with van der Waals surface area (Å²) in [5.41, 5.74) is 10.7. The Bertz CT molecular complexity index is 726. The maximum Gasteiger partial charge on any atom is 0.181 e. The Morgan fingerprint density at radius 2 is 1.48 bits per heavy atom. The number of benzene rings is 2. The second kappa shape index (κ2) is 5.50. The predicted molar refractivity (Wildman–Crippen MR) is 83.8 cm³/mol. The Morgan fingerprint density at radius 3 is 2.10 bits per heavy atom. The number of H-pyrrole nitrogens is 1. The lowest BCUT2D eigenvalue weighted by atomic mass is 10.1. The van der Waals surface area contributed by atoms with Crippen LogP contribution in [0.5, 0.6) is 0 Å². The molecule has 0 saturated heterocycles. The lowest BCUT2D eigenvalue weighted by Gasteiger charge is -2.08. The van der Waals surface area contributed by atoms with Gasteiger partial charge in [-0.1, -0.05) is 59.7 Å². The molecule has 2 aromatic carbocycles. The van der Waals surface area contributed by atoms with Gasteiger partial charge in [0.05, 0.1) is 6.04 Å². The fraction of sp³-hybridized carbons (Fsp3) is 0.176. The van der Waals surface area contributed by atoms with Crippen LogP contribution in [0.25, 0.3) is 11.4 Å². The molecule has 0 aliphatic carbocycles. The second-order valence-corrected chi connectivity index (χ2v) is 5.30. The molecule has 106 valence electrons. The quantitative estimate of drug-likeness (QED) is 0.773. The van der Waals surface area contributed by atoms with Crippen molar-refractivity contribution in [3.05, 3.63) is 71.0 Å². The number of aryl methyl sites for hydroxylation is 2. The third kappa shape index (κ3) is 2.85. The van der Waals surface area contributed by atoms with Crippen LogP contribution in [0.3, 0.4) is 0 Å². The largest absolute Gasteiger partial charge is 0.318 e. The first-order valence-electron chi connectivity index (χ1n) is 6.95. The second-order valence-electron chi connectivity index (χ2n) is 5.30. The van der Waals surface area contributed by atoms with E-state index in [1.807, 2.05) is 48.5 Å². The summed E-state index contributed by atoms with van der Waals surface area (Å²) in [5, 5.41) is 7.21. The Labute approximate surface area is 124 Å². The van der Waals surface area contributed by atoms with Crippen molar-refractivity contribution in [3.8, 4) is 11.4 Å². The standard InChI is InChI=1S/C17H18N4/c1-11-3-7-13(8-4-11)15(18)17-19-16(20-21-17)14-9-5-12(2)6-10-14/h3-10,15H,18H2,1-2H3,(H,19,20,21)/t15-/m0/s1. The summed E-state index contributed by atoms with van der Waals surface area (Å²) in [4.78, 5) is 4.52. The van der Waals surface area contributed by atoms with E-state index in [1.165, 1.54) is 11.1 Å². The van der Waals surface area contributed by atoms with Gasteiger partial charge in [-0.25, -0.2) is 4.98 Å². The molecule has 0 saturated carbocycles. The Kier molecular flexibility index (Phi) is 3.54. The number of rotatable bonds is 3. The van der Waals surface area contributed by atoms with Crippen LogP contribution in [-0.2, 0) is 0 Å². The van der Waals surface area contributed by atoms with Crippen LogP contribution in [0, 0.1) is 13.8 Å². The molecule has 0 spiro atoms. The summed E-state index contributed by atoms with van der Waals surface area (Å²) < 4.78 is 0. The number of nitrogens with two attached hydrogens (primary N) is 1. The summed E-state index contributed by atoms with van der Waals surface area (Å²) in [6, 6.07) is 16.0. The molecule has 0 fully saturated rings. The topological polar surface area (TPSA) is 67.6 Å². The van der Waals surface area contributed by atoms with Crippen LogP contribution in [0.2, 0.25) is 0 Å². The first-order chi connectivity index (χ1) is 10.1. The molecular formula is C17H18N4. The van der Waals surface area contributed by atoms with E-state index in [0.29, 0.717) is 11.6 Å². The van der Waals surface area contributed by atoms with E-state index in [-0.39, 0.29) is 6.04 Å². The first-order valence-corrected chi connectivity index (χ1v) is 6.95. The monoisotopic (exact) mass is 278 g/mol. The van der Waals surface area contributed by atoms with Crippen LogP contribution in [0.1, 0.15) is 28.6 Å². The van der Waals surface area contributed by atoms with Gasteiger partial charge in [0, 0.05) is 5.56 Å². The molecule has 3 rings (SSSR count). The summed E-state index contributed by atoms with van der Waals surface area (Å²) in [7, 11) is 0. The molecule has 0 unspecified atom stereocenters. The van der Waals surface area contributed by atoms with Gasteiger partial charge < -0.3 is 5.73 Å². The Hall–Kier alpha value is -2.46. The van der Waals surface area contributed by atoms with E-state index < -0.39 is 0 Å². The summed E-state index contributed by atoms with van der Waals surface area (Å²) in [5.74, 6) is 1.35. The Morgan fingerprint density at radius 1 is 0.905 bits per heavy atom. The molecule has 3 aromatic rings. The van der Waals surface area contributed by atoms with Crippen molar-refractivity contribution < 1.29 is 0 Å². The molecule has 21 heavy (non-hydrogen) atoms. The van der Waals surface area contributed by atoms with Crippen LogP contribution in [0.4, 0.5) is 0 Å². The zero-order valence-electron chi connectivity index (χ0n) is 12.2. The van der Waals surface area contributed by atoms with Gasteiger partial charge in [-0.05, 0) is 19.4 Å². The molecule has 1 heterocycles. The molecular weight excluding hydrogens is 260 g/mol. The number of nitrogens with zero attached hydrogens (tertiary/aromatic N) is 2. The number of aromatic amines is 1. The van der Waals surface area contributed by atoms with E-state index in [9.17, 15) is 0 Å². The van der Waals surface area contributed by atoms with Crippen LogP contribution < -0.4 is 5.73 Å². The van der Waals surface area contributed by atoms with Crippen LogP contribution in [-0.4, -0.2) is 15.2 Å². The molecule has 0 aliphatic heterocycles. The molecule has 3 N–H and O–H groups in total. The van der Waals surface area contributed by atoms with Crippen LogP contribution >= 0.6 is 0 Å². The molecule has 0 aliphatic rings. The molecule has 4 nitrogen and oxygen atoms in total. The average Bonchev–Trinajstić information content (AvgIpc) is 2.98. The average molecular weight is 278 g/mol. The highest BCUT2D eigenvalue weighted by Crippen LogP contribution is 2.20. The highest BCUT2D eigenvalue weighted by molar-refractivity contribution is 5.55. The third-order valence-corrected chi connectivity index (χ3v) is 3.54. The number of aromatic nitrogens is 3. The van der Waals surface area contributed by atoms with Crippen molar-refractivity contribution in [1.82, 2.24) is 15.2 Å². The zero-order valence-corrected chi connectivity index (χ0v) is 12.2. The number of hydrogen-bond donors (Lipinski definition) is 2. The van der Waals surface area contributed by atoms with Gasteiger partial charge in [-0.2, -0.15) is 5.10 Å². The molecule has 1 atom stereocenters. The van der Waals surface area contributed by atoms with Crippen molar-refractivity contribution in [1.29, 1.82) is 0 Å². The SMILES string of the molecule is Cc1ccc(-c2n[nH]c([C@@H](N)c3ccc(C)cc3)n2)cc1. The number of nitrogens with one attached hydrogen (secondary N) is 1. The van der Waals surface area contributed by atoms with E-state index in [4.69, 9.17) is 5.73 Å². The van der Waals surface area contributed by atoms with E-state index >= 15 is 0 Å². The summed E-state index contributed by atoms with van der Waals surface area (Å²) in [6.45, 7) is 4.11. The van der Waals surface area contributed by atoms with Gasteiger partial charge in [0.1, 0.15) is 5.82 Å². The van der Waals surface area contributed by atoms with Crippen molar-refractivity contribution in [2.24, 2.45) is 5.73 Å². The Balaban J connectivity index is 1.87. The fourth-order valence-corrected chi connectivity index (χ4v) is 2.18. The van der Waals surface area contributed by atoms with Gasteiger partial charge >= 0.3 is 0 Å². The highest BCUT2D eigenvalue weighted by atomic mass is 15.2. The van der Waals surface area contributed by atoms with E-state index in [1.54, 1.807) is 0 Å². The van der Waals surface area contributed by atoms with Crippen LogP contribution in [0.15, 0.2) is 48.5 Å². The minimum atomic E-state index is -0.294. The zero-order chi connectivity index (χ0) is 14.8. The van der Waals surface area contributed by atoms with E-state index in [2.05, 4.69) is 29.0 Å². The van der Waals surface area contributed by atoms with Gasteiger partial charge in [0.15, 0.2) is 5.82 Å². The smallest absolute Gasteiger partial charge is 0.181 e.